The van der Waals surface area contributed by atoms with Gasteiger partial charge in [0, 0.05) is 5.92 Å². The molecule has 0 radical (unpaired) electrons. The fraction of sp³-hybridized carbons (Fsp3) is 0.310. The lowest BCUT2D eigenvalue weighted by Crippen LogP contribution is -2.32. The fourth-order valence-corrected chi connectivity index (χ4v) is 6.04. The third-order valence-electron chi connectivity index (χ3n) is 5.82. The van der Waals surface area contributed by atoms with E-state index in [4.69, 9.17) is 19.5 Å². The van der Waals surface area contributed by atoms with E-state index in [1.807, 2.05) is 54.6 Å². The Morgan fingerprint density at radius 3 is 1.89 bits per heavy atom. The summed E-state index contributed by atoms with van der Waals surface area (Å²) in [6.45, 7) is 3.43. The number of Topliss-reactive ketones (excluding diaryl/α,β-unsaturated/α-hetero) is 1. The van der Waals surface area contributed by atoms with Gasteiger partial charge in [-0.15, -0.1) is 0 Å². The highest BCUT2D eigenvalue weighted by Crippen LogP contribution is 2.50. The van der Waals surface area contributed by atoms with Crippen molar-refractivity contribution in [2.24, 2.45) is 11.7 Å². The Morgan fingerprint density at radius 2 is 1.35 bits per heavy atom. The molecule has 8 heteroatoms. The van der Waals surface area contributed by atoms with Crippen LogP contribution in [0.4, 0.5) is 0 Å². The molecule has 37 heavy (non-hydrogen) atoms. The minimum Gasteiger partial charge on any atom is -0.448 e. The Hall–Kier alpha value is -3.09. The van der Waals surface area contributed by atoms with Gasteiger partial charge in [-0.25, -0.2) is 0 Å². The van der Waals surface area contributed by atoms with Crippen molar-refractivity contribution < 1.29 is 27.9 Å². The van der Waals surface area contributed by atoms with Gasteiger partial charge in [0.1, 0.15) is 0 Å². The maximum atomic E-state index is 13.9. The molecule has 0 bridgehead atoms. The van der Waals surface area contributed by atoms with Gasteiger partial charge < -0.3 is 19.5 Å². The summed E-state index contributed by atoms with van der Waals surface area (Å²) < 4.78 is 30.0. The van der Waals surface area contributed by atoms with Crippen LogP contribution in [-0.2, 0) is 34.4 Å². The molecule has 2 atom stereocenters. The van der Waals surface area contributed by atoms with Crippen molar-refractivity contribution in [3.63, 3.8) is 0 Å². The zero-order valence-corrected chi connectivity index (χ0v) is 22.1. The molecule has 0 aliphatic rings. The van der Waals surface area contributed by atoms with Crippen LogP contribution in [0.3, 0.4) is 0 Å². The smallest absolute Gasteiger partial charge is 0.331 e. The van der Waals surface area contributed by atoms with E-state index in [9.17, 15) is 14.2 Å². The summed E-state index contributed by atoms with van der Waals surface area (Å²) >= 11 is 0. The standard InChI is InChI=1S/C29H34NO6P/c1-3-34-37(33,35-4-2)21-26(19-22-15-17-24(18-16-22)23-11-7-5-8-12-23)28(32)29(36-27(31)20-30)25-13-9-6-10-14-25/h5-18,26,29H,3-4,19-21,30H2,1-2H3/t26-,29?/m1/s1. The average molecular weight is 524 g/mol. The molecule has 0 aromatic heterocycles. The SMILES string of the molecule is CCOP(=O)(C[C@@H](Cc1ccc(-c2ccccc2)cc1)C(=O)C(OC(=O)CN)c1ccccc1)OCC. The van der Waals surface area contributed by atoms with Gasteiger partial charge in [-0.1, -0.05) is 84.9 Å². The lowest BCUT2D eigenvalue weighted by Gasteiger charge is -2.26. The van der Waals surface area contributed by atoms with Crippen molar-refractivity contribution in [1.82, 2.24) is 0 Å². The summed E-state index contributed by atoms with van der Waals surface area (Å²) in [5.41, 5.74) is 8.98. The molecule has 0 saturated heterocycles. The Kier molecular flexibility index (Phi) is 10.8. The van der Waals surface area contributed by atoms with E-state index in [-0.39, 0.29) is 38.1 Å². The molecule has 0 aliphatic carbocycles. The molecule has 2 N–H and O–H groups in total. The van der Waals surface area contributed by atoms with Crippen LogP contribution in [0.2, 0.25) is 0 Å². The van der Waals surface area contributed by atoms with E-state index in [1.165, 1.54) is 0 Å². The number of ketones is 1. The lowest BCUT2D eigenvalue weighted by molar-refractivity contribution is -0.155. The van der Waals surface area contributed by atoms with Gasteiger partial charge in [-0.3, -0.25) is 14.2 Å². The van der Waals surface area contributed by atoms with E-state index in [2.05, 4.69) is 0 Å². The predicted molar refractivity (Wildman–Crippen MR) is 144 cm³/mol. The first kappa shape index (κ1) is 28.5. The molecule has 3 aromatic carbocycles. The second kappa shape index (κ2) is 14.0. The lowest BCUT2D eigenvalue weighted by atomic mass is 9.90. The van der Waals surface area contributed by atoms with E-state index in [1.54, 1.807) is 44.2 Å². The average Bonchev–Trinajstić information content (AvgIpc) is 2.92. The molecule has 196 valence electrons. The summed E-state index contributed by atoms with van der Waals surface area (Å²) in [6.07, 6.45) is -1.07. The Labute approximate surface area is 218 Å². The Bertz CT molecular complexity index is 1170. The number of carbonyl (C=O) groups excluding carboxylic acids is 2. The molecule has 0 amide bonds. The fourth-order valence-electron chi connectivity index (χ4n) is 4.12. The third kappa shape index (κ3) is 8.20. The largest absolute Gasteiger partial charge is 0.448 e. The number of carbonyl (C=O) groups is 2. The van der Waals surface area contributed by atoms with Gasteiger partial charge in [-0.05, 0) is 42.5 Å². The summed E-state index contributed by atoms with van der Waals surface area (Å²) in [5, 5.41) is 0. The van der Waals surface area contributed by atoms with Crippen molar-refractivity contribution in [2.75, 3.05) is 25.9 Å². The molecule has 0 fully saturated rings. The van der Waals surface area contributed by atoms with Gasteiger partial charge >= 0.3 is 13.6 Å². The zero-order valence-electron chi connectivity index (χ0n) is 21.2. The highest BCUT2D eigenvalue weighted by Gasteiger charge is 2.37. The summed E-state index contributed by atoms with van der Waals surface area (Å²) in [7, 11) is -3.58. The first-order valence-electron chi connectivity index (χ1n) is 12.4. The minimum absolute atomic E-state index is 0.141. The van der Waals surface area contributed by atoms with Crippen LogP contribution < -0.4 is 5.73 Å². The van der Waals surface area contributed by atoms with E-state index < -0.39 is 25.6 Å². The van der Waals surface area contributed by atoms with Crippen molar-refractivity contribution in [2.45, 2.75) is 26.4 Å². The van der Waals surface area contributed by atoms with Crippen LogP contribution in [0.5, 0.6) is 0 Å². The first-order valence-corrected chi connectivity index (χ1v) is 14.1. The number of nitrogens with two attached hydrogens (primary N) is 1. The predicted octanol–water partition coefficient (Wildman–Crippen LogP) is 5.59. The molecule has 3 aromatic rings. The normalized spacial score (nSPS) is 13.1. The van der Waals surface area contributed by atoms with Crippen LogP contribution in [0.1, 0.15) is 31.1 Å². The summed E-state index contributed by atoms with van der Waals surface area (Å²) in [5.74, 6) is -1.90. The van der Waals surface area contributed by atoms with Crippen LogP contribution in [-0.4, -0.2) is 37.7 Å². The number of benzene rings is 3. The summed E-state index contributed by atoms with van der Waals surface area (Å²) in [4.78, 5) is 26.1. The first-order chi connectivity index (χ1) is 17.9. The van der Waals surface area contributed by atoms with Crippen LogP contribution in [0, 0.1) is 5.92 Å². The quantitative estimate of drug-likeness (QED) is 0.217. The number of hydrogen-bond acceptors (Lipinski definition) is 7. The molecular formula is C29H34NO6P. The molecule has 0 heterocycles. The molecule has 0 aliphatic heterocycles. The van der Waals surface area contributed by atoms with Crippen LogP contribution in [0.15, 0.2) is 84.9 Å². The monoisotopic (exact) mass is 523 g/mol. The summed E-state index contributed by atoms with van der Waals surface area (Å²) in [6, 6.07) is 26.6. The second-order valence-electron chi connectivity index (χ2n) is 8.48. The van der Waals surface area contributed by atoms with Crippen molar-refractivity contribution in [3.05, 3.63) is 96.1 Å². The highest BCUT2D eigenvalue weighted by atomic mass is 31.2. The Morgan fingerprint density at radius 1 is 0.811 bits per heavy atom. The van der Waals surface area contributed by atoms with Crippen molar-refractivity contribution in [3.8, 4) is 11.1 Å². The number of hydrogen-bond donors (Lipinski definition) is 1. The van der Waals surface area contributed by atoms with Gasteiger partial charge in [0.15, 0.2) is 11.9 Å². The topological polar surface area (TPSA) is 105 Å². The zero-order chi connectivity index (χ0) is 26.7. The maximum absolute atomic E-state index is 13.9. The Balaban J connectivity index is 1.95. The van der Waals surface area contributed by atoms with E-state index >= 15 is 0 Å². The van der Waals surface area contributed by atoms with Crippen molar-refractivity contribution in [1.29, 1.82) is 0 Å². The highest BCUT2D eigenvalue weighted by molar-refractivity contribution is 7.53. The molecule has 3 rings (SSSR count). The third-order valence-corrected chi connectivity index (χ3v) is 8.01. The number of rotatable bonds is 14. The van der Waals surface area contributed by atoms with Gasteiger partial charge in [0.25, 0.3) is 0 Å². The molecule has 7 nitrogen and oxygen atoms in total. The number of esters is 1. The van der Waals surface area contributed by atoms with E-state index in [0.717, 1.165) is 16.7 Å². The van der Waals surface area contributed by atoms with E-state index in [0.29, 0.717) is 5.56 Å². The maximum Gasteiger partial charge on any atom is 0.331 e. The van der Waals surface area contributed by atoms with Crippen LogP contribution in [0.25, 0.3) is 11.1 Å². The molecule has 0 saturated carbocycles. The van der Waals surface area contributed by atoms with Crippen LogP contribution >= 0.6 is 7.60 Å². The number of ether oxygens (including phenoxy) is 1. The molecular weight excluding hydrogens is 489 g/mol. The minimum atomic E-state index is -3.58. The molecule has 1 unspecified atom stereocenters. The van der Waals surface area contributed by atoms with Gasteiger partial charge in [-0.2, -0.15) is 0 Å². The van der Waals surface area contributed by atoms with Gasteiger partial charge in [0.2, 0.25) is 0 Å². The second-order valence-corrected chi connectivity index (χ2v) is 10.6. The van der Waals surface area contributed by atoms with Crippen molar-refractivity contribution >= 4 is 19.3 Å². The van der Waals surface area contributed by atoms with Gasteiger partial charge in [0.05, 0.1) is 25.9 Å². The molecule has 0 spiro atoms.